The van der Waals surface area contributed by atoms with Gasteiger partial charge in [0.25, 0.3) is 5.91 Å². The van der Waals surface area contributed by atoms with Gasteiger partial charge in [0.15, 0.2) is 0 Å². The average molecular weight is 269 g/mol. The van der Waals surface area contributed by atoms with Crippen molar-refractivity contribution in [1.29, 1.82) is 0 Å². The van der Waals surface area contributed by atoms with Gasteiger partial charge in [-0.1, -0.05) is 0 Å². The maximum absolute atomic E-state index is 11.8. The van der Waals surface area contributed by atoms with Crippen LogP contribution in [0.5, 0.6) is 0 Å². The first-order valence-corrected chi connectivity index (χ1v) is 6.98. The molecule has 1 amide bonds. The molecule has 0 aliphatic carbocycles. The van der Waals surface area contributed by atoms with Gasteiger partial charge in [-0.25, -0.2) is 0 Å². The van der Waals surface area contributed by atoms with E-state index in [1.165, 1.54) is 11.3 Å². The number of amides is 1. The summed E-state index contributed by atoms with van der Waals surface area (Å²) in [6, 6.07) is 3.73. The van der Waals surface area contributed by atoms with E-state index in [2.05, 4.69) is 10.2 Å². The van der Waals surface area contributed by atoms with Gasteiger partial charge >= 0.3 is 0 Å². The Morgan fingerprint density at radius 3 is 2.89 bits per heavy atom. The molecule has 0 bridgehead atoms. The highest BCUT2D eigenvalue weighted by Gasteiger charge is 2.11. The van der Waals surface area contributed by atoms with E-state index in [1.54, 1.807) is 0 Å². The predicted octanol–water partition coefficient (Wildman–Crippen LogP) is 0.269. The summed E-state index contributed by atoms with van der Waals surface area (Å²) in [5.41, 5.74) is 5.52. The molecule has 1 saturated heterocycles. The van der Waals surface area contributed by atoms with Gasteiger partial charge in [0, 0.05) is 37.6 Å². The molecule has 100 valence electrons. The molecular formula is C12H19N3O2S. The topological polar surface area (TPSA) is 67.6 Å². The molecule has 0 radical (unpaired) electrons. The van der Waals surface area contributed by atoms with Crippen molar-refractivity contribution < 1.29 is 9.53 Å². The lowest BCUT2D eigenvalue weighted by Crippen LogP contribution is -2.41. The Morgan fingerprint density at radius 2 is 2.22 bits per heavy atom. The van der Waals surface area contributed by atoms with E-state index >= 15 is 0 Å². The minimum atomic E-state index is -0.00652. The third-order valence-corrected chi connectivity index (χ3v) is 4.01. The van der Waals surface area contributed by atoms with Crippen molar-refractivity contribution in [3.63, 3.8) is 0 Å². The third kappa shape index (κ3) is 3.78. The molecule has 3 N–H and O–H groups in total. The van der Waals surface area contributed by atoms with E-state index in [-0.39, 0.29) is 5.91 Å². The second kappa shape index (κ2) is 6.84. The molecule has 1 aliphatic rings. The van der Waals surface area contributed by atoms with E-state index in [0.29, 0.717) is 13.1 Å². The zero-order chi connectivity index (χ0) is 12.8. The molecule has 2 heterocycles. The van der Waals surface area contributed by atoms with Crippen LogP contribution in [-0.2, 0) is 11.3 Å². The Bertz CT molecular complexity index is 388. The van der Waals surface area contributed by atoms with Crippen molar-refractivity contribution in [2.75, 3.05) is 39.4 Å². The molecule has 0 spiro atoms. The molecule has 6 heteroatoms. The van der Waals surface area contributed by atoms with Gasteiger partial charge in [0.2, 0.25) is 0 Å². The first-order valence-electron chi connectivity index (χ1n) is 6.16. The normalized spacial score (nSPS) is 16.7. The van der Waals surface area contributed by atoms with Crippen molar-refractivity contribution in [1.82, 2.24) is 10.2 Å². The van der Waals surface area contributed by atoms with Crippen LogP contribution >= 0.6 is 11.3 Å². The fourth-order valence-corrected chi connectivity index (χ4v) is 2.65. The zero-order valence-corrected chi connectivity index (χ0v) is 11.2. The molecule has 1 fully saturated rings. The van der Waals surface area contributed by atoms with E-state index in [0.717, 1.165) is 42.6 Å². The summed E-state index contributed by atoms with van der Waals surface area (Å²) in [5.74, 6) is -0.00652. The quantitative estimate of drug-likeness (QED) is 0.805. The summed E-state index contributed by atoms with van der Waals surface area (Å²) in [4.78, 5) is 15.9. The molecule has 0 unspecified atom stereocenters. The average Bonchev–Trinajstić information content (AvgIpc) is 2.89. The number of nitrogens with zero attached hydrogens (tertiary/aromatic N) is 1. The smallest absolute Gasteiger partial charge is 0.261 e. The number of morpholine rings is 1. The minimum Gasteiger partial charge on any atom is -0.379 e. The number of ether oxygens (including phenoxy) is 1. The maximum Gasteiger partial charge on any atom is 0.261 e. The molecule has 2 rings (SSSR count). The highest BCUT2D eigenvalue weighted by molar-refractivity contribution is 7.14. The number of carbonyl (C=O) groups excluding carboxylic acids is 1. The zero-order valence-electron chi connectivity index (χ0n) is 10.4. The van der Waals surface area contributed by atoms with Crippen LogP contribution in [-0.4, -0.2) is 50.2 Å². The van der Waals surface area contributed by atoms with Crippen LogP contribution in [0.2, 0.25) is 0 Å². The predicted molar refractivity (Wildman–Crippen MR) is 71.8 cm³/mol. The molecule has 18 heavy (non-hydrogen) atoms. The van der Waals surface area contributed by atoms with E-state index in [4.69, 9.17) is 10.5 Å². The van der Waals surface area contributed by atoms with Crippen molar-refractivity contribution in [2.45, 2.75) is 6.54 Å². The van der Waals surface area contributed by atoms with Gasteiger partial charge in [-0.3, -0.25) is 9.69 Å². The third-order valence-electron chi connectivity index (χ3n) is 2.90. The Balaban J connectivity index is 1.70. The number of carbonyl (C=O) groups is 1. The summed E-state index contributed by atoms with van der Waals surface area (Å²) < 4.78 is 5.27. The maximum atomic E-state index is 11.8. The van der Waals surface area contributed by atoms with E-state index < -0.39 is 0 Å². The molecule has 1 aliphatic heterocycles. The molecule has 1 aromatic rings. The minimum absolute atomic E-state index is 0.00652. The Hall–Kier alpha value is -0.950. The monoisotopic (exact) mass is 269 g/mol. The first kappa shape index (κ1) is 13.5. The lowest BCUT2D eigenvalue weighted by atomic mass is 10.4. The molecule has 0 saturated carbocycles. The van der Waals surface area contributed by atoms with Gasteiger partial charge in [-0.15, -0.1) is 11.3 Å². The van der Waals surface area contributed by atoms with Crippen LogP contribution in [0.3, 0.4) is 0 Å². The highest BCUT2D eigenvalue weighted by Crippen LogP contribution is 2.15. The van der Waals surface area contributed by atoms with E-state index in [1.807, 2.05) is 12.1 Å². The Kier molecular flexibility index (Phi) is 5.12. The van der Waals surface area contributed by atoms with Gasteiger partial charge < -0.3 is 15.8 Å². The Labute approximate surface area is 111 Å². The number of rotatable bonds is 5. The largest absolute Gasteiger partial charge is 0.379 e. The summed E-state index contributed by atoms with van der Waals surface area (Å²) in [6.07, 6.45) is 0. The van der Waals surface area contributed by atoms with Crippen LogP contribution < -0.4 is 11.1 Å². The van der Waals surface area contributed by atoms with Crippen molar-refractivity contribution in [3.05, 3.63) is 21.9 Å². The molecule has 1 aromatic heterocycles. The van der Waals surface area contributed by atoms with Crippen LogP contribution in [0.25, 0.3) is 0 Å². The van der Waals surface area contributed by atoms with Gasteiger partial charge in [-0.2, -0.15) is 0 Å². The van der Waals surface area contributed by atoms with Gasteiger partial charge in [0.1, 0.15) is 0 Å². The lowest BCUT2D eigenvalue weighted by Gasteiger charge is -2.26. The fraction of sp³-hybridized carbons (Fsp3) is 0.583. The molecular weight excluding hydrogens is 250 g/mol. The highest BCUT2D eigenvalue weighted by atomic mass is 32.1. The summed E-state index contributed by atoms with van der Waals surface area (Å²) in [5, 5.41) is 2.93. The Morgan fingerprint density at radius 1 is 1.44 bits per heavy atom. The molecule has 0 aromatic carbocycles. The second-order valence-corrected chi connectivity index (χ2v) is 5.35. The van der Waals surface area contributed by atoms with Crippen molar-refractivity contribution >= 4 is 17.2 Å². The van der Waals surface area contributed by atoms with Gasteiger partial charge in [0.05, 0.1) is 18.1 Å². The van der Waals surface area contributed by atoms with E-state index in [9.17, 15) is 4.79 Å². The number of hydrogen-bond donors (Lipinski definition) is 2. The van der Waals surface area contributed by atoms with Crippen LogP contribution in [0.1, 0.15) is 14.5 Å². The molecule has 0 atom stereocenters. The summed E-state index contributed by atoms with van der Waals surface area (Å²) >= 11 is 1.46. The van der Waals surface area contributed by atoms with Crippen LogP contribution in [0, 0.1) is 0 Å². The first-order chi connectivity index (χ1) is 8.79. The number of nitrogens with one attached hydrogen (secondary N) is 1. The van der Waals surface area contributed by atoms with Crippen molar-refractivity contribution in [3.8, 4) is 0 Å². The summed E-state index contributed by atoms with van der Waals surface area (Å²) in [6.45, 7) is 5.53. The summed E-state index contributed by atoms with van der Waals surface area (Å²) in [7, 11) is 0. The van der Waals surface area contributed by atoms with Crippen molar-refractivity contribution in [2.24, 2.45) is 5.73 Å². The fourth-order valence-electron chi connectivity index (χ4n) is 1.85. The number of thiophene rings is 1. The van der Waals surface area contributed by atoms with Crippen LogP contribution in [0.15, 0.2) is 12.1 Å². The number of nitrogens with two attached hydrogens (primary N) is 1. The second-order valence-electron chi connectivity index (χ2n) is 4.18. The standard InChI is InChI=1S/C12H19N3O2S/c13-9-10-1-2-11(18-10)12(16)14-3-4-15-5-7-17-8-6-15/h1-2H,3-9,13H2,(H,14,16). The van der Waals surface area contributed by atoms with Gasteiger partial charge in [-0.05, 0) is 12.1 Å². The lowest BCUT2D eigenvalue weighted by molar-refractivity contribution is 0.0383. The van der Waals surface area contributed by atoms with Crippen LogP contribution in [0.4, 0.5) is 0 Å². The molecule has 5 nitrogen and oxygen atoms in total. The SMILES string of the molecule is NCc1ccc(C(=O)NCCN2CCOCC2)s1. The number of hydrogen-bond acceptors (Lipinski definition) is 5.